The van der Waals surface area contributed by atoms with Crippen LogP contribution in [-0.4, -0.2) is 57.7 Å². The Bertz CT molecular complexity index is 479. The Morgan fingerprint density at radius 3 is 2.57 bits per heavy atom. The molecule has 118 valence electrons. The third-order valence-electron chi connectivity index (χ3n) is 3.44. The molecule has 0 atom stereocenters. The number of methoxy groups -OCH3 is 1. The van der Waals surface area contributed by atoms with Crippen LogP contribution in [0.5, 0.6) is 5.75 Å². The van der Waals surface area contributed by atoms with E-state index in [2.05, 4.69) is 10.2 Å². The first-order chi connectivity index (χ1) is 9.65. The molecule has 1 aliphatic heterocycles. The minimum atomic E-state index is -0.312. The summed E-state index contributed by atoms with van der Waals surface area (Å²) in [5.74, 6) is 0.326. The Hall–Kier alpha value is -1.53. The molecule has 1 N–H and O–H groups in total. The predicted octanol–water partition coefficient (Wildman–Crippen LogP) is 1.12. The molecule has 0 saturated carbocycles. The van der Waals surface area contributed by atoms with Gasteiger partial charge < -0.3 is 19.9 Å². The fourth-order valence-corrected chi connectivity index (χ4v) is 2.37. The summed E-state index contributed by atoms with van der Waals surface area (Å²) in [6.45, 7) is 3.14. The highest BCUT2D eigenvalue weighted by molar-refractivity contribution is 5.85. The molecule has 7 heteroatoms. The van der Waals surface area contributed by atoms with Crippen molar-refractivity contribution in [3.05, 3.63) is 24.0 Å². The lowest BCUT2D eigenvalue weighted by atomic mass is 10.2. The highest BCUT2D eigenvalue weighted by Gasteiger charge is 2.22. The van der Waals surface area contributed by atoms with Crippen molar-refractivity contribution < 1.29 is 13.9 Å². The van der Waals surface area contributed by atoms with Gasteiger partial charge in [-0.05, 0) is 19.2 Å². The van der Waals surface area contributed by atoms with Crippen molar-refractivity contribution >= 4 is 24.0 Å². The first-order valence-corrected chi connectivity index (χ1v) is 6.66. The average molecular weight is 318 g/mol. The maximum absolute atomic E-state index is 13.2. The number of piperazine rings is 1. The molecule has 1 aliphatic rings. The Morgan fingerprint density at radius 2 is 2.00 bits per heavy atom. The third-order valence-corrected chi connectivity index (χ3v) is 3.44. The lowest BCUT2D eigenvalue weighted by molar-refractivity contribution is -0.130. The summed E-state index contributed by atoms with van der Waals surface area (Å²) in [4.78, 5) is 15.7. The van der Waals surface area contributed by atoms with E-state index in [-0.39, 0.29) is 24.1 Å². The van der Waals surface area contributed by atoms with Gasteiger partial charge in [-0.25, -0.2) is 4.39 Å². The number of carbonyl (C=O) groups excluding carboxylic acids is 1. The number of nitrogens with zero attached hydrogens (tertiary/aromatic N) is 2. The Balaban J connectivity index is 0.00000220. The zero-order chi connectivity index (χ0) is 14.5. The molecule has 0 aromatic heterocycles. The highest BCUT2D eigenvalue weighted by atomic mass is 35.5. The van der Waals surface area contributed by atoms with Crippen LogP contribution in [0.2, 0.25) is 0 Å². The van der Waals surface area contributed by atoms with Crippen molar-refractivity contribution in [3.8, 4) is 5.75 Å². The number of amides is 1. The number of anilines is 1. The minimum absolute atomic E-state index is 0. The van der Waals surface area contributed by atoms with Gasteiger partial charge in [-0.3, -0.25) is 4.79 Å². The monoisotopic (exact) mass is 317 g/mol. The molecule has 1 fully saturated rings. The molecule has 0 aliphatic carbocycles. The molecule has 0 unspecified atom stereocenters. The number of ether oxygens (including phenoxy) is 1. The maximum Gasteiger partial charge on any atom is 0.236 e. The van der Waals surface area contributed by atoms with Crippen molar-refractivity contribution in [1.29, 1.82) is 0 Å². The molecule has 0 radical (unpaired) electrons. The van der Waals surface area contributed by atoms with E-state index in [1.54, 1.807) is 13.1 Å². The lowest BCUT2D eigenvalue weighted by Crippen LogP contribution is -2.50. The number of benzene rings is 1. The lowest BCUT2D eigenvalue weighted by Gasteiger charge is -2.36. The fourth-order valence-electron chi connectivity index (χ4n) is 2.37. The number of hydrogen-bond donors (Lipinski definition) is 1. The third kappa shape index (κ3) is 4.22. The molecule has 1 aromatic carbocycles. The smallest absolute Gasteiger partial charge is 0.236 e. The molecule has 1 aromatic rings. The number of hydrogen-bond acceptors (Lipinski definition) is 4. The zero-order valence-electron chi connectivity index (χ0n) is 12.3. The van der Waals surface area contributed by atoms with Gasteiger partial charge in [-0.1, -0.05) is 0 Å². The van der Waals surface area contributed by atoms with Gasteiger partial charge in [0.2, 0.25) is 5.91 Å². The minimum Gasteiger partial charge on any atom is -0.494 e. The first kappa shape index (κ1) is 17.5. The van der Waals surface area contributed by atoms with E-state index in [1.807, 2.05) is 4.90 Å². The van der Waals surface area contributed by atoms with Crippen LogP contribution in [-0.2, 0) is 4.79 Å². The number of nitrogens with one attached hydrogen (secondary N) is 1. The van der Waals surface area contributed by atoms with Gasteiger partial charge in [0.1, 0.15) is 11.6 Å². The summed E-state index contributed by atoms with van der Waals surface area (Å²) in [7, 11) is 3.29. The van der Waals surface area contributed by atoms with Crippen molar-refractivity contribution in [2.75, 3.05) is 51.8 Å². The summed E-state index contributed by atoms with van der Waals surface area (Å²) in [6, 6.07) is 4.53. The molecule has 2 rings (SSSR count). The normalized spacial score (nSPS) is 14.6. The van der Waals surface area contributed by atoms with Crippen molar-refractivity contribution in [1.82, 2.24) is 10.2 Å². The number of rotatable bonds is 4. The van der Waals surface area contributed by atoms with Crippen LogP contribution in [0, 0.1) is 5.82 Å². The van der Waals surface area contributed by atoms with E-state index in [0.29, 0.717) is 25.4 Å². The fraction of sp³-hybridized carbons (Fsp3) is 0.500. The molecule has 1 amide bonds. The van der Waals surface area contributed by atoms with Crippen LogP contribution in [0.25, 0.3) is 0 Å². The topological polar surface area (TPSA) is 44.8 Å². The molecule has 1 heterocycles. The van der Waals surface area contributed by atoms with Gasteiger partial charge in [-0.15, -0.1) is 12.4 Å². The predicted molar refractivity (Wildman–Crippen MR) is 82.9 cm³/mol. The van der Waals surface area contributed by atoms with Crippen molar-refractivity contribution in [2.45, 2.75) is 0 Å². The second kappa shape index (κ2) is 8.05. The zero-order valence-corrected chi connectivity index (χ0v) is 13.1. The van der Waals surface area contributed by atoms with E-state index in [1.165, 1.54) is 19.2 Å². The Morgan fingerprint density at radius 1 is 1.33 bits per heavy atom. The Kier molecular flexibility index (Phi) is 6.71. The van der Waals surface area contributed by atoms with Crippen LogP contribution in [0.3, 0.4) is 0 Å². The molecule has 0 spiro atoms. The SMILES string of the molecule is CNCC(=O)N1CCN(c2ccc(F)cc2OC)CC1.Cl. The summed E-state index contributed by atoms with van der Waals surface area (Å²) >= 11 is 0. The van der Waals surface area contributed by atoms with E-state index in [9.17, 15) is 9.18 Å². The van der Waals surface area contributed by atoms with Gasteiger partial charge in [0.05, 0.1) is 19.3 Å². The molecule has 5 nitrogen and oxygen atoms in total. The molecular formula is C14H21ClFN3O2. The summed E-state index contributed by atoms with van der Waals surface area (Å²) in [5, 5.41) is 2.87. The van der Waals surface area contributed by atoms with E-state index < -0.39 is 0 Å². The Labute approximate surface area is 130 Å². The quantitative estimate of drug-likeness (QED) is 0.904. The van der Waals surface area contributed by atoms with Gasteiger partial charge >= 0.3 is 0 Å². The van der Waals surface area contributed by atoms with E-state index >= 15 is 0 Å². The average Bonchev–Trinajstić information content (AvgIpc) is 2.47. The van der Waals surface area contributed by atoms with Crippen molar-refractivity contribution in [2.24, 2.45) is 0 Å². The van der Waals surface area contributed by atoms with Crippen LogP contribution >= 0.6 is 12.4 Å². The van der Waals surface area contributed by atoms with Gasteiger partial charge in [-0.2, -0.15) is 0 Å². The van der Waals surface area contributed by atoms with Crippen LogP contribution in [0.4, 0.5) is 10.1 Å². The highest BCUT2D eigenvalue weighted by Crippen LogP contribution is 2.29. The van der Waals surface area contributed by atoms with Gasteiger partial charge in [0, 0.05) is 32.2 Å². The number of likely N-dealkylation sites (N-methyl/N-ethyl adjacent to an activating group) is 1. The maximum atomic E-state index is 13.2. The number of carbonyl (C=O) groups is 1. The summed E-state index contributed by atoms with van der Waals surface area (Å²) in [5.41, 5.74) is 0.870. The summed E-state index contributed by atoms with van der Waals surface area (Å²) in [6.07, 6.45) is 0. The standard InChI is InChI=1S/C14H20FN3O2.ClH/c1-16-10-14(19)18-7-5-17(6-8-18)12-4-3-11(15)9-13(12)20-2;/h3-4,9,16H,5-8,10H2,1-2H3;1H. The first-order valence-electron chi connectivity index (χ1n) is 6.66. The largest absolute Gasteiger partial charge is 0.494 e. The second-order valence-electron chi connectivity index (χ2n) is 4.71. The van der Waals surface area contributed by atoms with Gasteiger partial charge in [0.15, 0.2) is 0 Å². The van der Waals surface area contributed by atoms with E-state index in [0.717, 1.165) is 18.8 Å². The van der Waals surface area contributed by atoms with Crippen LogP contribution in [0.1, 0.15) is 0 Å². The molecular weight excluding hydrogens is 297 g/mol. The second-order valence-corrected chi connectivity index (χ2v) is 4.71. The molecule has 1 saturated heterocycles. The number of halogens is 2. The van der Waals surface area contributed by atoms with Crippen LogP contribution in [0.15, 0.2) is 18.2 Å². The van der Waals surface area contributed by atoms with Crippen molar-refractivity contribution in [3.63, 3.8) is 0 Å². The molecule has 0 bridgehead atoms. The summed E-state index contributed by atoms with van der Waals surface area (Å²) < 4.78 is 18.4. The molecule has 21 heavy (non-hydrogen) atoms. The van der Waals surface area contributed by atoms with Crippen LogP contribution < -0.4 is 15.0 Å². The van der Waals surface area contributed by atoms with E-state index in [4.69, 9.17) is 4.74 Å². The van der Waals surface area contributed by atoms with Gasteiger partial charge in [0.25, 0.3) is 0 Å².